The molecule has 0 atom stereocenters. The van der Waals surface area contributed by atoms with Gasteiger partial charge in [0.25, 0.3) is 0 Å². The molecule has 0 aromatic heterocycles. The topological polar surface area (TPSA) is 89.5 Å². The Kier molecular flexibility index (Phi) is 7.15. The number of fused-ring (bicyclic) bond motifs is 1. The van der Waals surface area contributed by atoms with E-state index in [1.807, 2.05) is 0 Å². The number of hydrogen-bond acceptors (Lipinski definition) is 8. The average molecular weight is 491 g/mol. The van der Waals surface area contributed by atoms with Crippen molar-refractivity contribution in [2.75, 3.05) is 35.0 Å². The zero-order chi connectivity index (χ0) is 25.8. The Bertz CT molecular complexity index is 1340. The van der Waals surface area contributed by atoms with Crippen molar-refractivity contribution in [3.8, 4) is 34.5 Å². The fourth-order valence-electron chi connectivity index (χ4n) is 3.88. The van der Waals surface area contributed by atoms with Crippen LogP contribution in [0.15, 0.2) is 54.3 Å². The molecule has 3 aromatic carbocycles. The third-order valence-electron chi connectivity index (χ3n) is 5.75. The predicted octanol–water partition coefficient (Wildman–Crippen LogP) is 4.91. The molecule has 0 spiro atoms. The highest BCUT2D eigenvalue weighted by Crippen LogP contribution is 2.40. The summed E-state index contributed by atoms with van der Waals surface area (Å²) in [4.78, 5) is 25.6. The van der Waals surface area contributed by atoms with Crippen molar-refractivity contribution in [2.24, 2.45) is 0 Å². The van der Waals surface area contributed by atoms with Crippen LogP contribution in [0.5, 0.6) is 34.5 Å². The zero-order valence-electron chi connectivity index (χ0n) is 20.7. The van der Waals surface area contributed by atoms with Crippen LogP contribution < -0.4 is 28.4 Å². The number of benzene rings is 3. The van der Waals surface area contributed by atoms with E-state index in [4.69, 9.17) is 28.4 Å². The van der Waals surface area contributed by atoms with Gasteiger partial charge in [0.2, 0.25) is 5.78 Å². The van der Waals surface area contributed by atoms with Crippen LogP contribution in [-0.2, 0) is 0 Å². The van der Waals surface area contributed by atoms with Gasteiger partial charge < -0.3 is 28.4 Å². The molecule has 0 unspecified atom stereocenters. The Balaban J connectivity index is 1.55. The van der Waals surface area contributed by atoms with E-state index in [9.17, 15) is 9.59 Å². The van der Waals surface area contributed by atoms with Crippen LogP contribution in [0, 0.1) is 6.92 Å². The van der Waals surface area contributed by atoms with Gasteiger partial charge in [0.15, 0.2) is 29.6 Å². The van der Waals surface area contributed by atoms with E-state index >= 15 is 0 Å². The molecule has 3 aromatic rings. The summed E-state index contributed by atoms with van der Waals surface area (Å²) in [5.74, 6) is 2.60. The molecule has 8 heteroatoms. The van der Waals surface area contributed by atoms with E-state index in [1.165, 1.54) is 21.3 Å². The van der Waals surface area contributed by atoms with Crippen molar-refractivity contribution in [3.05, 3.63) is 76.5 Å². The molecule has 8 nitrogen and oxygen atoms in total. The van der Waals surface area contributed by atoms with Gasteiger partial charge in [-0.25, -0.2) is 0 Å². The van der Waals surface area contributed by atoms with Crippen LogP contribution in [0.3, 0.4) is 0 Å². The number of carbonyl (C=O) groups excluding carboxylic acids is 2. The van der Waals surface area contributed by atoms with Crippen LogP contribution >= 0.6 is 0 Å². The fraction of sp³-hybridized carbons (Fsp3) is 0.214. The van der Waals surface area contributed by atoms with Crippen molar-refractivity contribution in [3.63, 3.8) is 0 Å². The first kappa shape index (κ1) is 24.7. The molecule has 1 heterocycles. The molecule has 186 valence electrons. The first-order valence-electron chi connectivity index (χ1n) is 11.1. The average Bonchev–Trinajstić information content (AvgIpc) is 3.21. The maximum absolute atomic E-state index is 13.1. The van der Waals surface area contributed by atoms with E-state index in [-0.39, 0.29) is 23.9 Å². The first-order chi connectivity index (χ1) is 17.4. The first-order valence-corrected chi connectivity index (χ1v) is 11.1. The largest absolute Gasteiger partial charge is 0.497 e. The smallest absolute Gasteiger partial charge is 0.232 e. The molecule has 0 saturated carbocycles. The lowest BCUT2D eigenvalue weighted by atomic mass is 10.0. The second-order valence-electron chi connectivity index (χ2n) is 7.94. The second kappa shape index (κ2) is 10.4. The van der Waals surface area contributed by atoms with Gasteiger partial charge in [0.05, 0.1) is 34.0 Å². The van der Waals surface area contributed by atoms with Gasteiger partial charge in [0, 0.05) is 23.3 Å². The number of rotatable bonds is 9. The molecule has 0 N–H and O–H groups in total. The van der Waals surface area contributed by atoms with Gasteiger partial charge in [-0.15, -0.1) is 0 Å². The molecule has 0 fully saturated rings. The number of carbonyl (C=O) groups is 2. The summed E-state index contributed by atoms with van der Waals surface area (Å²) < 4.78 is 32.9. The summed E-state index contributed by atoms with van der Waals surface area (Å²) in [7, 11) is 6.14. The number of allylic oxidation sites excluding steroid dienone is 1. The van der Waals surface area contributed by atoms with Gasteiger partial charge in [-0.1, -0.05) is 0 Å². The van der Waals surface area contributed by atoms with Crippen LogP contribution in [-0.4, -0.2) is 46.6 Å². The lowest BCUT2D eigenvalue weighted by molar-refractivity contribution is 0.0920. The van der Waals surface area contributed by atoms with E-state index in [0.717, 1.165) is 0 Å². The molecule has 36 heavy (non-hydrogen) atoms. The summed E-state index contributed by atoms with van der Waals surface area (Å²) in [5.41, 5.74) is 2.21. The molecule has 0 saturated heterocycles. The quantitative estimate of drug-likeness (QED) is 0.309. The lowest BCUT2D eigenvalue weighted by Gasteiger charge is -2.12. The third kappa shape index (κ3) is 4.84. The Morgan fingerprint density at radius 3 is 2.14 bits per heavy atom. The predicted molar refractivity (Wildman–Crippen MR) is 133 cm³/mol. The molecule has 0 amide bonds. The molecule has 1 aliphatic rings. The molecular formula is C28H26O8. The number of ketones is 2. The van der Waals surface area contributed by atoms with Gasteiger partial charge in [-0.05, 0) is 55.0 Å². The normalized spacial score (nSPS) is 13.1. The van der Waals surface area contributed by atoms with Crippen molar-refractivity contribution in [2.45, 2.75) is 6.92 Å². The van der Waals surface area contributed by atoms with Crippen LogP contribution in [0.2, 0.25) is 0 Å². The molecule has 4 rings (SSSR count). The standard InChI is InChI=1S/C28H26O8/c1-16-10-20(35-15-21(29)17-6-8-19(31-2)9-7-17)13-25-27(16)28(30)26(36-25)12-18-11-23(33-4)24(34-5)14-22(18)32-3/h6-14H,15H2,1-5H3/b26-12-. The van der Waals surface area contributed by atoms with Crippen molar-refractivity contribution in [1.29, 1.82) is 0 Å². The van der Waals surface area contributed by atoms with Crippen LogP contribution in [0.4, 0.5) is 0 Å². The Morgan fingerprint density at radius 1 is 0.833 bits per heavy atom. The molecule has 0 radical (unpaired) electrons. The summed E-state index contributed by atoms with van der Waals surface area (Å²) >= 11 is 0. The Labute approximate surface area is 209 Å². The van der Waals surface area contributed by atoms with Gasteiger partial charge in [0.1, 0.15) is 23.0 Å². The van der Waals surface area contributed by atoms with Crippen LogP contribution in [0.25, 0.3) is 6.08 Å². The van der Waals surface area contributed by atoms with E-state index in [2.05, 4.69) is 0 Å². The van der Waals surface area contributed by atoms with Crippen molar-refractivity contribution < 1.29 is 38.0 Å². The number of methoxy groups -OCH3 is 4. The van der Waals surface area contributed by atoms with E-state index < -0.39 is 0 Å². The highest BCUT2D eigenvalue weighted by molar-refractivity contribution is 6.15. The minimum absolute atomic E-state index is 0.130. The SMILES string of the molecule is COc1ccc(C(=O)COc2cc(C)c3c(c2)O/C(=C\c2cc(OC)c(OC)cc2OC)C3=O)cc1. The highest BCUT2D eigenvalue weighted by atomic mass is 16.5. The summed E-state index contributed by atoms with van der Waals surface area (Å²) in [6.07, 6.45) is 1.59. The van der Waals surface area contributed by atoms with Gasteiger partial charge >= 0.3 is 0 Å². The van der Waals surface area contributed by atoms with Crippen molar-refractivity contribution in [1.82, 2.24) is 0 Å². The van der Waals surface area contributed by atoms with E-state index in [1.54, 1.807) is 68.6 Å². The van der Waals surface area contributed by atoms with Gasteiger partial charge in [-0.2, -0.15) is 0 Å². The minimum atomic E-state index is -0.264. The maximum Gasteiger partial charge on any atom is 0.232 e. The van der Waals surface area contributed by atoms with Crippen LogP contribution in [0.1, 0.15) is 31.8 Å². The minimum Gasteiger partial charge on any atom is -0.497 e. The Hall–Kier alpha value is -4.46. The number of aryl methyl sites for hydroxylation is 1. The maximum atomic E-state index is 13.1. The third-order valence-corrected chi connectivity index (χ3v) is 5.75. The number of ether oxygens (including phenoxy) is 6. The summed E-state index contributed by atoms with van der Waals surface area (Å²) in [6, 6.07) is 13.5. The molecule has 1 aliphatic heterocycles. The van der Waals surface area contributed by atoms with Crippen molar-refractivity contribution >= 4 is 17.6 Å². The highest BCUT2D eigenvalue weighted by Gasteiger charge is 2.30. The summed E-state index contributed by atoms with van der Waals surface area (Å²) in [6.45, 7) is 1.63. The number of Topliss-reactive ketones (excluding diaryl/α,β-unsaturated/α-hetero) is 2. The number of hydrogen-bond donors (Lipinski definition) is 0. The molecule has 0 bridgehead atoms. The summed E-state index contributed by atoms with van der Waals surface area (Å²) in [5, 5.41) is 0. The fourth-order valence-corrected chi connectivity index (χ4v) is 3.88. The zero-order valence-corrected chi connectivity index (χ0v) is 20.7. The van der Waals surface area contributed by atoms with Gasteiger partial charge in [-0.3, -0.25) is 9.59 Å². The Morgan fingerprint density at radius 2 is 1.50 bits per heavy atom. The lowest BCUT2D eigenvalue weighted by Crippen LogP contribution is -2.11. The van der Waals surface area contributed by atoms with E-state index in [0.29, 0.717) is 56.8 Å². The molecule has 0 aliphatic carbocycles. The molecular weight excluding hydrogens is 464 g/mol. The monoisotopic (exact) mass is 490 g/mol. The second-order valence-corrected chi connectivity index (χ2v) is 7.94.